The van der Waals surface area contributed by atoms with Gasteiger partial charge in [-0.05, 0) is 19.4 Å². The van der Waals surface area contributed by atoms with E-state index in [1.807, 2.05) is 31.2 Å². The number of hydrogen-bond acceptors (Lipinski definition) is 5. The molecule has 2 aromatic rings. The van der Waals surface area contributed by atoms with Crippen LogP contribution in [0.4, 0.5) is 0 Å². The molecule has 1 atom stereocenters. The van der Waals surface area contributed by atoms with Gasteiger partial charge in [0.1, 0.15) is 12.0 Å². The molecular formula is C15H17N3O3S. The van der Waals surface area contributed by atoms with Crippen LogP contribution < -0.4 is 0 Å². The van der Waals surface area contributed by atoms with Gasteiger partial charge >= 0.3 is 0 Å². The van der Waals surface area contributed by atoms with Gasteiger partial charge < -0.3 is 4.90 Å². The smallest absolute Gasteiger partial charge is 0.273 e. The van der Waals surface area contributed by atoms with Crippen LogP contribution >= 0.6 is 0 Å². The van der Waals surface area contributed by atoms with Crippen LogP contribution in [-0.4, -0.2) is 53.3 Å². The largest absolute Gasteiger partial charge is 0.334 e. The first-order valence-corrected chi connectivity index (χ1v) is 9.05. The van der Waals surface area contributed by atoms with Crippen LogP contribution in [0.5, 0.6) is 0 Å². The van der Waals surface area contributed by atoms with Crippen LogP contribution in [0.25, 0.3) is 10.9 Å². The molecule has 0 radical (unpaired) electrons. The van der Waals surface area contributed by atoms with Crippen molar-refractivity contribution < 1.29 is 13.2 Å². The maximum atomic E-state index is 12.8. The lowest BCUT2D eigenvalue weighted by molar-refractivity contribution is 0.0704. The molecule has 1 saturated heterocycles. The van der Waals surface area contributed by atoms with Gasteiger partial charge in [0.05, 0.1) is 17.0 Å². The number of carbonyl (C=O) groups is 1. The van der Waals surface area contributed by atoms with Crippen LogP contribution in [0.1, 0.15) is 23.8 Å². The summed E-state index contributed by atoms with van der Waals surface area (Å²) >= 11 is 0. The summed E-state index contributed by atoms with van der Waals surface area (Å²) in [6.07, 6.45) is 1.86. The number of amides is 1. The predicted octanol–water partition coefficient (Wildman–Crippen LogP) is 1.28. The second-order valence-electron chi connectivity index (χ2n) is 5.39. The number of fused-ring (bicyclic) bond motifs is 1. The molecule has 22 heavy (non-hydrogen) atoms. The van der Waals surface area contributed by atoms with Crippen molar-refractivity contribution in [3.05, 3.63) is 36.3 Å². The summed E-state index contributed by atoms with van der Waals surface area (Å²) in [4.78, 5) is 22.7. The van der Waals surface area contributed by atoms with Crippen molar-refractivity contribution in [3.8, 4) is 0 Å². The molecule has 116 valence electrons. The zero-order chi connectivity index (χ0) is 15.7. The van der Waals surface area contributed by atoms with Gasteiger partial charge in [0.2, 0.25) is 0 Å². The van der Waals surface area contributed by atoms with Gasteiger partial charge in [-0.25, -0.2) is 18.4 Å². The fraction of sp³-hybridized carbons (Fsp3) is 0.400. The van der Waals surface area contributed by atoms with Crippen molar-refractivity contribution in [3.63, 3.8) is 0 Å². The topological polar surface area (TPSA) is 80.2 Å². The van der Waals surface area contributed by atoms with Crippen LogP contribution in [-0.2, 0) is 9.84 Å². The molecular weight excluding hydrogens is 302 g/mol. The van der Waals surface area contributed by atoms with Crippen molar-refractivity contribution in [1.82, 2.24) is 14.9 Å². The van der Waals surface area contributed by atoms with Gasteiger partial charge in [0, 0.05) is 18.0 Å². The molecule has 0 aliphatic carbocycles. The van der Waals surface area contributed by atoms with E-state index in [1.54, 1.807) is 4.90 Å². The Labute approximate surface area is 129 Å². The minimum atomic E-state index is -3.04. The molecule has 0 saturated carbocycles. The van der Waals surface area contributed by atoms with E-state index in [0.29, 0.717) is 29.6 Å². The number of carbonyl (C=O) groups excluding carboxylic acids is 1. The Balaban J connectivity index is 1.97. The summed E-state index contributed by atoms with van der Waals surface area (Å²) in [6.45, 7) is 2.31. The number of hydrogen-bond donors (Lipinski definition) is 0. The Morgan fingerprint density at radius 2 is 2.09 bits per heavy atom. The molecule has 1 fully saturated rings. The number of para-hydroxylation sites is 1. The molecule has 6 nitrogen and oxygen atoms in total. The summed E-state index contributed by atoms with van der Waals surface area (Å²) in [5.41, 5.74) is 1.03. The lowest BCUT2D eigenvalue weighted by Gasteiger charge is -2.26. The van der Waals surface area contributed by atoms with Gasteiger partial charge in [0.25, 0.3) is 5.91 Å². The third-order valence-corrected chi connectivity index (χ3v) is 5.75. The number of nitrogens with zero attached hydrogens (tertiary/aromatic N) is 3. The highest BCUT2D eigenvalue weighted by molar-refractivity contribution is 7.91. The average Bonchev–Trinajstić information content (AvgIpc) is 2.87. The van der Waals surface area contributed by atoms with Gasteiger partial charge in [-0.3, -0.25) is 4.79 Å². The monoisotopic (exact) mass is 319 g/mol. The first kappa shape index (κ1) is 14.9. The van der Waals surface area contributed by atoms with Crippen molar-refractivity contribution in [1.29, 1.82) is 0 Å². The van der Waals surface area contributed by atoms with E-state index in [1.165, 1.54) is 6.33 Å². The second kappa shape index (κ2) is 5.64. The van der Waals surface area contributed by atoms with E-state index in [9.17, 15) is 13.2 Å². The number of aromatic nitrogens is 2. The normalized spacial score (nSPS) is 20.1. The SMILES string of the molecule is CCN(C(=O)c1ncnc2ccccc12)C1CCS(=O)(=O)C1. The van der Waals surface area contributed by atoms with Crippen LogP contribution in [0, 0.1) is 0 Å². The molecule has 2 heterocycles. The molecule has 3 rings (SSSR count). The molecule has 7 heteroatoms. The molecule has 1 aromatic heterocycles. The molecule has 1 aliphatic heterocycles. The molecule has 0 N–H and O–H groups in total. The van der Waals surface area contributed by atoms with E-state index in [0.717, 1.165) is 0 Å². The van der Waals surface area contributed by atoms with E-state index >= 15 is 0 Å². The summed E-state index contributed by atoms with van der Waals surface area (Å²) in [7, 11) is -3.04. The number of rotatable bonds is 3. The fourth-order valence-electron chi connectivity index (χ4n) is 2.90. The molecule has 1 amide bonds. The standard InChI is InChI=1S/C15H17N3O3S/c1-2-18(11-7-8-22(20,21)9-11)15(19)14-12-5-3-4-6-13(12)16-10-17-14/h3-6,10-11H,2,7-9H2,1H3. The second-order valence-corrected chi connectivity index (χ2v) is 7.62. The number of sulfone groups is 1. The quantitative estimate of drug-likeness (QED) is 0.851. The minimum Gasteiger partial charge on any atom is -0.334 e. The Hall–Kier alpha value is -2.02. The van der Waals surface area contributed by atoms with E-state index in [4.69, 9.17) is 0 Å². The summed E-state index contributed by atoms with van der Waals surface area (Å²) in [5.74, 6) is -0.0510. The Morgan fingerprint density at radius 3 is 2.77 bits per heavy atom. The Morgan fingerprint density at radius 1 is 1.32 bits per heavy atom. The highest BCUT2D eigenvalue weighted by atomic mass is 32.2. The fourth-order valence-corrected chi connectivity index (χ4v) is 4.63. The summed E-state index contributed by atoms with van der Waals surface area (Å²) in [5, 5.41) is 0.689. The minimum absolute atomic E-state index is 0.0373. The Kier molecular flexibility index (Phi) is 3.82. The van der Waals surface area contributed by atoms with Gasteiger partial charge in [0.15, 0.2) is 9.84 Å². The third kappa shape index (κ3) is 2.68. The van der Waals surface area contributed by atoms with Crippen molar-refractivity contribution in [2.75, 3.05) is 18.1 Å². The highest BCUT2D eigenvalue weighted by Gasteiger charge is 2.35. The highest BCUT2D eigenvalue weighted by Crippen LogP contribution is 2.22. The van der Waals surface area contributed by atoms with Crippen LogP contribution in [0.15, 0.2) is 30.6 Å². The molecule has 0 bridgehead atoms. The first-order chi connectivity index (χ1) is 10.5. The van der Waals surface area contributed by atoms with Crippen LogP contribution in [0.2, 0.25) is 0 Å². The lowest BCUT2D eigenvalue weighted by atomic mass is 10.1. The first-order valence-electron chi connectivity index (χ1n) is 7.23. The van der Waals surface area contributed by atoms with Gasteiger partial charge in [-0.15, -0.1) is 0 Å². The van der Waals surface area contributed by atoms with E-state index < -0.39 is 9.84 Å². The maximum absolute atomic E-state index is 12.8. The van der Waals surface area contributed by atoms with Crippen LogP contribution in [0.3, 0.4) is 0 Å². The van der Waals surface area contributed by atoms with E-state index in [2.05, 4.69) is 9.97 Å². The zero-order valence-electron chi connectivity index (χ0n) is 12.3. The number of benzene rings is 1. The third-order valence-electron chi connectivity index (χ3n) is 4.00. The van der Waals surface area contributed by atoms with Crippen molar-refractivity contribution in [2.24, 2.45) is 0 Å². The summed E-state index contributed by atoms with van der Waals surface area (Å²) < 4.78 is 23.3. The molecule has 1 aromatic carbocycles. The van der Waals surface area contributed by atoms with Crippen molar-refractivity contribution >= 4 is 26.6 Å². The van der Waals surface area contributed by atoms with Crippen molar-refractivity contribution in [2.45, 2.75) is 19.4 Å². The predicted molar refractivity (Wildman–Crippen MR) is 83.3 cm³/mol. The average molecular weight is 319 g/mol. The molecule has 1 unspecified atom stereocenters. The Bertz CT molecular complexity index is 814. The van der Waals surface area contributed by atoms with Gasteiger partial charge in [-0.1, -0.05) is 18.2 Å². The van der Waals surface area contributed by atoms with E-state index in [-0.39, 0.29) is 23.5 Å². The summed E-state index contributed by atoms with van der Waals surface area (Å²) in [6, 6.07) is 7.05. The lowest BCUT2D eigenvalue weighted by Crippen LogP contribution is -2.41. The zero-order valence-corrected chi connectivity index (χ0v) is 13.1. The van der Waals surface area contributed by atoms with Gasteiger partial charge in [-0.2, -0.15) is 0 Å². The maximum Gasteiger partial charge on any atom is 0.273 e. The molecule has 1 aliphatic rings. The molecule has 0 spiro atoms.